The summed E-state index contributed by atoms with van der Waals surface area (Å²) >= 11 is 0. The largest absolute Gasteiger partial charge is 0.504 e. The highest BCUT2D eigenvalue weighted by atomic mass is 16.6. The Kier molecular flexibility index (Phi) is 6.83. The minimum Gasteiger partial charge on any atom is -0.504 e. The molecule has 0 amide bonds. The third kappa shape index (κ3) is 3.93. The number of allylic oxidation sites excluding steroid dienone is 4. The van der Waals surface area contributed by atoms with E-state index in [1.165, 1.54) is 23.8 Å². The molecule has 47 heavy (non-hydrogen) atoms. The molecule has 9 rings (SSSR count). The molecule has 0 saturated carbocycles. The fourth-order valence-electron chi connectivity index (χ4n) is 9.60. The fraction of sp³-hybridized carbons (Fsp3) is 0.447. The van der Waals surface area contributed by atoms with Gasteiger partial charge in [-0.3, -0.25) is 14.6 Å². The minimum absolute atomic E-state index is 0.0611. The van der Waals surface area contributed by atoms with Gasteiger partial charge in [0.2, 0.25) is 5.78 Å². The monoisotopic (exact) mass is 638 g/mol. The van der Waals surface area contributed by atoms with Gasteiger partial charge in [-0.05, 0) is 106 Å². The molecule has 2 aromatic carbocycles. The van der Waals surface area contributed by atoms with Crippen molar-refractivity contribution in [2.24, 2.45) is 0 Å². The van der Waals surface area contributed by atoms with Crippen LogP contribution < -0.4 is 14.2 Å². The molecule has 1 spiro atoms. The summed E-state index contributed by atoms with van der Waals surface area (Å²) in [5.74, 6) is 3.55. The number of fused-ring (bicyclic) bond motifs is 1. The quantitative estimate of drug-likeness (QED) is 0.525. The van der Waals surface area contributed by atoms with Crippen molar-refractivity contribution in [3.63, 3.8) is 0 Å². The zero-order valence-electron chi connectivity index (χ0n) is 27.9. The van der Waals surface area contributed by atoms with Crippen molar-refractivity contribution in [3.8, 4) is 23.0 Å². The predicted molar refractivity (Wildman–Crippen MR) is 176 cm³/mol. The Bertz CT molecular complexity index is 1820. The van der Waals surface area contributed by atoms with Crippen molar-refractivity contribution >= 4 is 5.78 Å². The van der Waals surface area contributed by atoms with Gasteiger partial charge in [-0.25, -0.2) is 0 Å². The molecule has 1 N–H and O–H groups in total. The van der Waals surface area contributed by atoms with Crippen LogP contribution in [0.25, 0.3) is 0 Å². The van der Waals surface area contributed by atoms with Crippen LogP contribution in [0.3, 0.4) is 0 Å². The molecule has 0 radical (unpaired) electrons. The topological polar surface area (TPSA) is 89.9 Å². The van der Waals surface area contributed by atoms with Crippen LogP contribution in [0, 0.1) is 0 Å². The Morgan fingerprint density at radius 1 is 0.809 bits per heavy atom. The van der Waals surface area contributed by atoms with Gasteiger partial charge in [-0.1, -0.05) is 18.2 Å². The Morgan fingerprint density at radius 2 is 1.47 bits per heavy atom. The van der Waals surface area contributed by atoms with Crippen LogP contribution in [0.4, 0.5) is 0 Å². The minimum atomic E-state index is -0.497. The second-order valence-electron chi connectivity index (χ2n) is 13.7. The first-order chi connectivity index (χ1) is 22.7. The van der Waals surface area contributed by atoms with Crippen LogP contribution >= 0.6 is 0 Å². The molecular formula is C38H42N2O7. The molecule has 246 valence electrons. The molecule has 2 saturated heterocycles. The van der Waals surface area contributed by atoms with E-state index in [0.29, 0.717) is 17.6 Å². The van der Waals surface area contributed by atoms with Gasteiger partial charge >= 0.3 is 0 Å². The first-order valence-corrected chi connectivity index (χ1v) is 16.4. The Balaban J connectivity index is 0.000000138. The standard InChI is InChI=1S/C19H21NO4.C19H21NO3/c1-20-7-6-19-10-16(24-3)14(21)9-12(19)13(20)8-11-4-5-15(23-2)18(22)17(11)19;1-20-9-8-19-12-5-7-15(22-3)18(19)23-17-14(21-2)6-4-11(16(17)19)10-13(12)20/h4-5,9-10,13,22H,6-8H2,1-3H3;4-7,13,18H,8-10H2,1-3H3/t13-,19+;13-,18+,19+/m11/s1. The number of hydrogen-bond donors (Lipinski definition) is 1. The molecule has 3 aliphatic heterocycles. The van der Waals surface area contributed by atoms with Crippen molar-refractivity contribution < 1.29 is 33.6 Å². The highest BCUT2D eigenvalue weighted by Gasteiger charge is 2.62. The van der Waals surface area contributed by atoms with E-state index in [1.54, 1.807) is 27.4 Å². The maximum absolute atomic E-state index is 12.4. The summed E-state index contributed by atoms with van der Waals surface area (Å²) < 4.78 is 28.4. The van der Waals surface area contributed by atoms with Crippen LogP contribution in [0.15, 0.2) is 71.2 Å². The van der Waals surface area contributed by atoms with Gasteiger partial charge in [0.25, 0.3) is 0 Å². The average molecular weight is 639 g/mol. The van der Waals surface area contributed by atoms with E-state index in [1.807, 2.05) is 24.3 Å². The summed E-state index contributed by atoms with van der Waals surface area (Å²) in [4.78, 5) is 17.1. The molecule has 9 heteroatoms. The molecule has 0 aromatic heterocycles. The molecule has 7 aliphatic rings. The number of carbonyl (C=O) groups is 1. The SMILES string of the molecule is COC1=CC=C2[C@H]3Cc4ccc(OC)c5c4[C@@]2(CCN3C)[C@H]1O5.COC1=C[C@]23CCN(C)[C@H](Cc4ccc(OC)c(O)c42)C3=CC1=O. The van der Waals surface area contributed by atoms with E-state index in [-0.39, 0.29) is 29.1 Å². The highest BCUT2D eigenvalue weighted by Crippen LogP contribution is 2.62. The van der Waals surface area contributed by atoms with Gasteiger partial charge in [0.05, 0.1) is 33.9 Å². The third-order valence-corrected chi connectivity index (χ3v) is 11.9. The number of phenolic OH excluding ortho intramolecular Hbond substituents is 1. The van der Waals surface area contributed by atoms with Gasteiger partial charge in [-0.2, -0.15) is 0 Å². The number of ketones is 1. The first-order valence-electron chi connectivity index (χ1n) is 16.4. The van der Waals surface area contributed by atoms with Crippen LogP contribution in [0.2, 0.25) is 0 Å². The van der Waals surface area contributed by atoms with Crippen LogP contribution in [-0.4, -0.2) is 94.5 Å². The van der Waals surface area contributed by atoms with Crippen LogP contribution in [-0.2, 0) is 37.9 Å². The van der Waals surface area contributed by atoms with Crippen LogP contribution in [0.1, 0.15) is 35.1 Å². The maximum atomic E-state index is 12.4. The Labute approximate surface area is 275 Å². The molecule has 2 fully saturated rings. The van der Waals surface area contributed by atoms with Crippen molar-refractivity contribution in [2.45, 2.75) is 54.7 Å². The van der Waals surface area contributed by atoms with E-state index < -0.39 is 5.41 Å². The highest BCUT2D eigenvalue weighted by molar-refractivity contribution is 6.05. The molecule has 2 aromatic rings. The number of likely N-dealkylation sites (tertiary alicyclic amines) is 2. The number of phenols is 1. The third-order valence-electron chi connectivity index (χ3n) is 11.9. The molecule has 9 nitrogen and oxygen atoms in total. The normalized spacial score (nSPS) is 30.9. The van der Waals surface area contributed by atoms with Gasteiger partial charge < -0.3 is 28.8 Å². The van der Waals surface area contributed by atoms with E-state index >= 15 is 0 Å². The molecule has 0 unspecified atom stereocenters. The number of nitrogens with zero attached hydrogens (tertiary/aromatic N) is 2. The molecular weight excluding hydrogens is 596 g/mol. The number of rotatable bonds is 4. The number of ether oxygens (including phenoxy) is 5. The number of methoxy groups -OCH3 is 4. The van der Waals surface area contributed by atoms with E-state index in [0.717, 1.165) is 72.7 Å². The number of piperidine rings is 2. The van der Waals surface area contributed by atoms with Crippen molar-refractivity contribution in [1.29, 1.82) is 0 Å². The van der Waals surface area contributed by atoms with Crippen molar-refractivity contribution in [1.82, 2.24) is 9.80 Å². The average Bonchev–Trinajstić information content (AvgIpc) is 3.43. The van der Waals surface area contributed by atoms with Gasteiger partial charge in [0.15, 0.2) is 34.9 Å². The van der Waals surface area contributed by atoms with E-state index in [9.17, 15) is 9.90 Å². The second-order valence-corrected chi connectivity index (χ2v) is 13.7. The van der Waals surface area contributed by atoms with Crippen molar-refractivity contribution in [2.75, 3.05) is 55.6 Å². The summed E-state index contributed by atoms with van der Waals surface area (Å²) in [7, 11) is 10.8. The number of carbonyl (C=O) groups excluding carboxylic acids is 1. The lowest BCUT2D eigenvalue weighted by Crippen LogP contribution is -2.58. The van der Waals surface area contributed by atoms with Gasteiger partial charge in [0, 0.05) is 28.6 Å². The van der Waals surface area contributed by atoms with E-state index in [2.05, 4.69) is 42.1 Å². The lowest BCUT2D eigenvalue weighted by atomic mass is 9.57. The van der Waals surface area contributed by atoms with E-state index in [4.69, 9.17) is 23.7 Å². The maximum Gasteiger partial charge on any atom is 0.220 e. The summed E-state index contributed by atoms with van der Waals surface area (Å²) in [6.07, 6.45) is 11.6. The number of hydrogen-bond acceptors (Lipinski definition) is 9. The molecule has 3 heterocycles. The first kappa shape index (κ1) is 30.1. The van der Waals surface area contributed by atoms with Gasteiger partial charge in [0.1, 0.15) is 5.76 Å². The molecule has 4 bridgehead atoms. The summed E-state index contributed by atoms with van der Waals surface area (Å²) in [5, 5.41) is 10.9. The van der Waals surface area contributed by atoms with Crippen molar-refractivity contribution in [3.05, 3.63) is 93.5 Å². The number of aromatic hydroxyl groups is 1. The Morgan fingerprint density at radius 3 is 2.15 bits per heavy atom. The van der Waals surface area contributed by atoms with Gasteiger partial charge in [-0.15, -0.1) is 0 Å². The smallest absolute Gasteiger partial charge is 0.220 e. The lowest BCUT2D eigenvalue weighted by molar-refractivity contribution is -0.114. The summed E-state index contributed by atoms with van der Waals surface area (Å²) in [6, 6.07) is 8.72. The summed E-state index contributed by atoms with van der Waals surface area (Å²) in [6.45, 7) is 1.97. The number of benzene rings is 2. The second kappa shape index (κ2) is 10.7. The van der Waals surface area contributed by atoms with Crippen LogP contribution in [0.5, 0.6) is 23.0 Å². The summed E-state index contributed by atoms with van der Waals surface area (Å²) in [5.41, 5.74) is 6.67. The zero-order valence-corrected chi connectivity index (χ0v) is 27.9. The predicted octanol–water partition coefficient (Wildman–Crippen LogP) is 4.36. The number of likely N-dealkylation sites (N-methyl/N-ethyl adjacent to an activating group) is 2. The zero-order chi connectivity index (χ0) is 32.8. The lowest BCUT2D eigenvalue weighted by Gasteiger charge is -2.52. The molecule has 5 atom stereocenters. The fourth-order valence-corrected chi connectivity index (χ4v) is 9.60. The molecule has 4 aliphatic carbocycles. The Hall–Kier alpha value is -4.21.